The molecule has 0 saturated heterocycles. The van der Waals surface area contributed by atoms with Crippen molar-refractivity contribution in [1.82, 2.24) is 5.32 Å². The van der Waals surface area contributed by atoms with Gasteiger partial charge in [0.1, 0.15) is 11.9 Å². The average Bonchev–Trinajstić information content (AvgIpc) is 2.27. The van der Waals surface area contributed by atoms with Gasteiger partial charge in [0.25, 0.3) is 0 Å². The zero-order valence-corrected chi connectivity index (χ0v) is 9.50. The molecule has 0 aliphatic carbocycles. The van der Waals surface area contributed by atoms with Crippen molar-refractivity contribution in [3.05, 3.63) is 35.1 Å². The Kier molecular flexibility index (Phi) is 4.66. The topological polar surface area (TPSA) is 52.5 Å². The van der Waals surface area contributed by atoms with Crippen molar-refractivity contribution in [3.63, 3.8) is 0 Å². The van der Waals surface area contributed by atoms with Gasteiger partial charge < -0.3 is 15.5 Å². The molecule has 0 bridgehead atoms. The monoisotopic (exact) mass is 267 g/mol. The highest BCUT2D eigenvalue weighted by atomic mass is 19.4. The third-order valence-electron chi connectivity index (χ3n) is 2.42. The van der Waals surface area contributed by atoms with E-state index < -0.39 is 35.3 Å². The highest BCUT2D eigenvalue weighted by molar-refractivity contribution is 5.29. The Balaban J connectivity index is 3.08. The van der Waals surface area contributed by atoms with Crippen molar-refractivity contribution in [3.8, 4) is 0 Å². The van der Waals surface area contributed by atoms with Crippen LogP contribution in [0.4, 0.5) is 17.6 Å². The van der Waals surface area contributed by atoms with Crippen LogP contribution in [-0.4, -0.2) is 29.9 Å². The highest BCUT2D eigenvalue weighted by Crippen LogP contribution is 2.32. The minimum atomic E-state index is -4.63. The molecule has 0 radical (unpaired) electrons. The predicted molar refractivity (Wildman–Crippen MR) is 56.3 cm³/mol. The van der Waals surface area contributed by atoms with Gasteiger partial charge in [-0.1, -0.05) is 0 Å². The molecule has 0 amide bonds. The van der Waals surface area contributed by atoms with Gasteiger partial charge in [0.05, 0.1) is 11.7 Å². The van der Waals surface area contributed by atoms with Crippen LogP contribution in [0.15, 0.2) is 18.2 Å². The number of nitrogens with one attached hydrogen (secondary N) is 1. The lowest BCUT2D eigenvalue weighted by Gasteiger charge is -2.19. The number of hydrogen-bond acceptors (Lipinski definition) is 3. The van der Waals surface area contributed by atoms with Crippen molar-refractivity contribution in [2.45, 2.75) is 18.4 Å². The van der Waals surface area contributed by atoms with Crippen molar-refractivity contribution >= 4 is 0 Å². The van der Waals surface area contributed by atoms with Crippen LogP contribution in [0.25, 0.3) is 0 Å². The normalized spacial score (nSPS) is 15.5. The van der Waals surface area contributed by atoms with Crippen LogP contribution in [0.2, 0.25) is 0 Å². The summed E-state index contributed by atoms with van der Waals surface area (Å²) in [5.74, 6) is -0.995. The molecular formula is C11H13F4NO2. The molecule has 1 aromatic carbocycles. The van der Waals surface area contributed by atoms with Crippen molar-refractivity contribution in [1.29, 1.82) is 0 Å². The molecular weight excluding hydrogens is 254 g/mol. The second-order valence-corrected chi connectivity index (χ2v) is 3.80. The van der Waals surface area contributed by atoms with Crippen LogP contribution < -0.4 is 5.32 Å². The van der Waals surface area contributed by atoms with Gasteiger partial charge in [-0.15, -0.1) is 0 Å². The van der Waals surface area contributed by atoms with Crippen LogP contribution in [0, 0.1) is 5.82 Å². The van der Waals surface area contributed by atoms with Gasteiger partial charge >= 0.3 is 6.18 Å². The number of likely N-dealkylation sites (N-methyl/N-ethyl adjacent to an activating group) is 1. The zero-order chi connectivity index (χ0) is 13.9. The molecule has 0 aliphatic heterocycles. The second kappa shape index (κ2) is 5.64. The Bertz CT molecular complexity index is 409. The fraction of sp³-hybridized carbons (Fsp3) is 0.455. The van der Waals surface area contributed by atoms with Crippen LogP contribution in [0.1, 0.15) is 17.2 Å². The van der Waals surface area contributed by atoms with Crippen LogP contribution >= 0.6 is 0 Å². The SMILES string of the molecule is CNCC(O)C(O)c1cc(C(F)(F)F)ccc1F. The van der Waals surface area contributed by atoms with Gasteiger partial charge in [0, 0.05) is 12.1 Å². The van der Waals surface area contributed by atoms with Gasteiger partial charge in [-0.25, -0.2) is 4.39 Å². The summed E-state index contributed by atoms with van der Waals surface area (Å²) in [5, 5.41) is 21.6. The molecule has 0 fully saturated rings. The summed E-state index contributed by atoms with van der Waals surface area (Å²) in [6.07, 6.45) is -7.75. The van der Waals surface area contributed by atoms with Crippen LogP contribution in [0.3, 0.4) is 0 Å². The van der Waals surface area contributed by atoms with E-state index in [0.717, 1.165) is 0 Å². The van der Waals surface area contributed by atoms with Crippen LogP contribution in [-0.2, 0) is 6.18 Å². The van der Waals surface area contributed by atoms with E-state index in [9.17, 15) is 27.8 Å². The molecule has 3 nitrogen and oxygen atoms in total. The number of hydrogen-bond donors (Lipinski definition) is 3. The number of halogens is 4. The smallest absolute Gasteiger partial charge is 0.389 e. The molecule has 0 spiro atoms. The first kappa shape index (κ1) is 14.9. The van der Waals surface area contributed by atoms with Gasteiger partial charge in [-0.05, 0) is 25.2 Å². The fourth-order valence-electron chi connectivity index (χ4n) is 1.47. The average molecular weight is 267 g/mol. The zero-order valence-electron chi connectivity index (χ0n) is 9.50. The number of benzene rings is 1. The predicted octanol–water partition coefficient (Wildman–Crippen LogP) is 1.46. The van der Waals surface area contributed by atoms with E-state index in [0.29, 0.717) is 18.2 Å². The van der Waals surface area contributed by atoms with E-state index in [2.05, 4.69) is 5.32 Å². The first-order chi connectivity index (χ1) is 8.27. The molecule has 1 aromatic rings. The van der Waals surface area contributed by atoms with Crippen molar-refractivity contribution < 1.29 is 27.8 Å². The first-order valence-electron chi connectivity index (χ1n) is 5.14. The number of rotatable bonds is 4. The Labute approximate surface area is 101 Å². The number of aliphatic hydroxyl groups excluding tert-OH is 2. The summed E-state index contributed by atoms with van der Waals surface area (Å²) in [7, 11) is 1.48. The molecule has 3 N–H and O–H groups in total. The molecule has 7 heteroatoms. The molecule has 0 saturated carbocycles. The summed E-state index contributed by atoms with van der Waals surface area (Å²) in [6.45, 7) is -0.0726. The van der Waals surface area contributed by atoms with E-state index in [4.69, 9.17) is 0 Å². The Morgan fingerprint density at radius 2 is 1.89 bits per heavy atom. The lowest BCUT2D eigenvalue weighted by molar-refractivity contribution is -0.137. The Hall–Kier alpha value is -1.18. The van der Waals surface area contributed by atoms with E-state index in [1.807, 2.05) is 0 Å². The maximum atomic E-state index is 13.3. The summed E-state index contributed by atoms with van der Waals surface area (Å²) in [5.41, 5.74) is -1.65. The molecule has 18 heavy (non-hydrogen) atoms. The minimum absolute atomic E-state index is 0.0726. The molecule has 2 atom stereocenters. The molecule has 1 rings (SSSR count). The summed E-state index contributed by atoms with van der Waals surface area (Å²) in [4.78, 5) is 0. The second-order valence-electron chi connectivity index (χ2n) is 3.80. The Morgan fingerprint density at radius 1 is 1.28 bits per heavy atom. The van der Waals surface area contributed by atoms with E-state index in [1.165, 1.54) is 7.05 Å². The summed E-state index contributed by atoms with van der Waals surface area (Å²) >= 11 is 0. The largest absolute Gasteiger partial charge is 0.416 e. The van der Waals surface area contributed by atoms with E-state index in [1.54, 1.807) is 0 Å². The fourth-order valence-corrected chi connectivity index (χ4v) is 1.47. The molecule has 2 unspecified atom stereocenters. The molecule has 0 aliphatic rings. The standard InChI is InChI=1S/C11H13F4NO2/c1-16-5-9(17)10(18)7-4-6(11(13,14)15)2-3-8(7)12/h2-4,9-10,16-18H,5H2,1H3. The van der Waals surface area contributed by atoms with Crippen molar-refractivity contribution in [2.24, 2.45) is 0 Å². The van der Waals surface area contributed by atoms with Gasteiger partial charge in [-0.2, -0.15) is 13.2 Å². The third-order valence-corrected chi connectivity index (χ3v) is 2.42. The van der Waals surface area contributed by atoms with Gasteiger partial charge in [0.15, 0.2) is 0 Å². The molecule has 0 aromatic heterocycles. The summed E-state index contributed by atoms with van der Waals surface area (Å²) in [6, 6.07) is 1.70. The number of aliphatic hydroxyl groups is 2. The van der Waals surface area contributed by atoms with E-state index >= 15 is 0 Å². The van der Waals surface area contributed by atoms with Gasteiger partial charge in [-0.3, -0.25) is 0 Å². The maximum Gasteiger partial charge on any atom is 0.416 e. The van der Waals surface area contributed by atoms with E-state index in [-0.39, 0.29) is 6.54 Å². The minimum Gasteiger partial charge on any atom is -0.389 e. The molecule has 0 heterocycles. The van der Waals surface area contributed by atoms with Crippen LogP contribution in [0.5, 0.6) is 0 Å². The lowest BCUT2D eigenvalue weighted by atomic mass is 10.0. The first-order valence-corrected chi connectivity index (χ1v) is 5.14. The number of alkyl halides is 3. The lowest BCUT2D eigenvalue weighted by Crippen LogP contribution is -2.30. The van der Waals surface area contributed by atoms with Crippen molar-refractivity contribution in [2.75, 3.05) is 13.6 Å². The van der Waals surface area contributed by atoms with Gasteiger partial charge in [0.2, 0.25) is 0 Å². The Morgan fingerprint density at radius 3 is 2.39 bits per heavy atom. The third kappa shape index (κ3) is 3.41. The quantitative estimate of drug-likeness (QED) is 0.724. The molecule has 102 valence electrons. The summed E-state index contributed by atoms with van der Waals surface area (Å²) < 4.78 is 50.6. The maximum absolute atomic E-state index is 13.3. The highest BCUT2D eigenvalue weighted by Gasteiger charge is 2.32.